The monoisotopic (exact) mass is 314 g/mol. The SMILES string of the molecule is COCC(O)CNC(=O)c1sc2cccc(Cl)c2c1N. The molecule has 1 atom stereocenters. The number of nitrogens with two attached hydrogens (primary N) is 1. The molecule has 0 aliphatic carbocycles. The number of aliphatic hydroxyl groups excluding tert-OH is 1. The lowest BCUT2D eigenvalue weighted by atomic mass is 10.2. The molecule has 5 nitrogen and oxygen atoms in total. The van der Waals surface area contributed by atoms with Crippen molar-refractivity contribution in [2.24, 2.45) is 0 Å². The van der Waals surface area contributed by atoms with E-state index in [-0.39, 0.29) is 19.1 Å². The van der Waals surface area contributed by atoms with Gasteiger partial charge in [0.05, 0.1) is 23.4 Å². The Kier molecular flexibility index (Phi) is 4.82. The molecule has 1 aromatic carbocycles. The van der Waals surface area contributed by atoms with Crippen molar-refractivity contribution in [1.29, 1.82) is 0 Å². The zero-order chi connectivity index (χ0) is 14.7. The van der Waals surface area contributed by atoms with Crippen molar-refractivity contribution in [1.82, 2.24) is 5.32 Å². The maximum Gasteiger partial charge on any atom is 0.263 e. The number of benzene rings is 1. The normalized spacial score (nSPS) is 12.6. The lowest BCUT2D eigenvalue weighted by molar-refractivity contribution is 0.0611. The van der Waals surface area contributed by atoms with Crippen molar-refractivity contribution < 1.29 is 14.6 Å². The topological polar surface area (TPSA) is 84.6 Å². The number of amides is 1. The number of nitrogen functional groups attached to an aromatic ring is 1. The van der Waals surface area contributed by atoms with Gasteiger partial charge in [-0.25, -0.2) is 0 Å². The predicted octanol–water partition coefficient (Wildman–Crippen LogP) is 1.87. The van der Waals surface area contributed by atoms with E-state index in [4.69, 9.17) is 22.1 Å². The van der Waals surface area contributed by atoms with Gasteiger partial charge in [0.25, 0.3) is 5.91 Å². The molecule has 4 N–H and O–H groups in total. The van der Waals surface area contributed by atoms with Gasteiger partial charge in [-0.3, -0.25) is 4.79 Å². The van der Waals surface area contributed by atoms with Crippen molar-refractivity contribution in [3.8, 4) is 0 Å². The fourth-order valence-corrected chi connectivity index (χ4v) is 3.24. The van der Waals surface area contributed by atoms with Crippen LogP contribution in [0.5, 0.6) is 0 Å². The number of rotatable bonds is 5. The fraction of sp³-hybridized carbons (Fsp3) is 0.308. The molecule has 0 bridgehead atoms. The summed E-state index contributed by atoms with van der Waals surface area (Å²) in [6.07, 6.45) is -0.747. The van der Waals surface area contributed by atoms with E-state index in [9.17, 15) is 9.90 Å². The Morgan fingerprint density at radius 3 is 3.00 bits per heavy atom. The largest absolute Gasteiger partial charge is 0.397 e. The Balaban J connectivity index is 2.19. The predicted molar refractivity (Wildman–Crippen MR) is 81.5 cm³/mol. The van der Waals surface area contributed by atoms with E-state index < -0.39 is 6.10 Å². The maximum absolute atomic E-state index is 12.1. The quantitative estimate of drug-likeness (QED) is 0.786. The molecule has 2 aromatic rings. The number of methoxy groups -OCH3 is 1. The first-order valence-electron chi connectivity index (χ1n) is 5.96. The van der Waals surface area contributed by atoms with Crippen molar-refractivity contribution >= 4 is 44.6 Å². The van der Waals surface area contributed by atoms with Crippen LogP contribution >= 0.6 is 22.9 Å². The van der Waals surface area contributed by atoms with Gasteiger partial charge in [0.15, 0.2) is 0 Å². The van der Waals surface area contributed by atoms with Gasteiger partial charge in [-0.1, -0.05) is 17.7 Å². The van der Waals surface area contributed by atoms with Crippen LogP contribution in [0.15, 0.2) is 18.2 Å². The third kappa shape index (κ3) is 3.04. The molecule has 1 amide bonds. The smallest absolute Gasteiger partial charge is 0.263 e. The molecule has 0 aliphatic heterocycles. The molecule has 0 radical (unpaired) electrons. The van der Waals surface area contributed by atoms with E-state index in [1.807, 2.05) is 12.1 Å². The molecular formula is C13H15ClN2O3S. The lowest BCUT2D eigenvalue weighted by Crippen LogP contribution is -2.34. The van der Waals surface area contributed by atoms with E-state index in [1.165, 1.54) is 18.4 Å². The van der Waals surface area contributed by atoms with Crippen LogP contribution in [0.1, 0.15) is 9.67 Å². The number of halogens is 1. The van der Waals surface area contributed by atoms with Gasteiger partial charge in [0.2, 0.25) is 0 Å². The molecule has 1 aromatic heterocycles. The van der Waals surface area contributed by atoms with E-state index in [0.717, 1.165) is 4.70 Å². The second-order valence-electron chi connectivity index (χ2n) is 4.28. The first-order valence-corrected chi connectivity index (χ1v) is 7.15. The van der Waals surface area contributed by atoms with Crippen LogP contribution in [0.25, 0.3) is 10.1 Å². The highest BCUT2D eigenvalue weighted by Gasteiger charge is 2.18. The summed E-state index contributed by atoms with van der Waals surface area (Å²) in [5.41, 5.74) is 6.35. The van der Waals surface area contributed by atoms with Crippen molar-refractivity contribution in [2.75, 3.05) is 26.0 Å². The van der Waals surface area contributed by atoms with Crippen LogP contribution in [0, 0.1) is 0 Å². The van der Waals surface area contributed by atoms with Crippen LogP contribution in [-0.2, 0) is 4.74 Å². The van der Waals surface area contributed by atoms with E-state index >= 15 is 0 Å². The highest BCUT2D eigenvalue weighted by molar-refractivity contribution is 7.21. The fourth-order valence-electron chi connectivity index (χ4n) is 1.84. The summed E-state index contributed by atoms with van der Waals surface area (Å²) in [5, 5.41) is 13.4. The minimum Gasteiger partial charge on any atom is -0.397 e. The van der Waals surface area contributed by atoms with Gasteiger partial charge < -0.3 is 20.9 Å². The molecule has 0 saturated heterocycles. The Morgan fingerprint density at radius 1 is 1.60 bits per heavy atom. The number of thiophene rings is 1. The third-order valence-electron chi connectivity index (χ3n) is 2.76. The summed E-state index contributed by atoms with van der Waals surface area (Å²) >= 11 is 7.36. The number of aliphatic hydroxyl groups is 1. The third-order valence-corrected chi connectivity index (χ3v) is 4.25. The highest BCUT2D eigenvalue weighted by atomic mass is 35.5. The van der Waals surface area contributed by atoms with Crippen LogP contribution in [0.4, 0.5) is 5.69 Å². The molecular weight excluding hydrogens is 300 g/mol. The van der Waals surface area contributed by atoms with Gasteiger partial charge in [0, 0.05) is 23.7 Å². The Morgan fingerprint density at radius 2 is 2.35 bits per heavy atom. The summed E-state index contributed by atoms with van der Waals surface area (Å²) in [7, 11) is 1.48. The molecule has 0 saturated carbocycles. The lowest BCUT2D eigenvalue weighted by Gasteiger charge is -2.10. The summed E-state index contributed by atoms with van der Waals surface area (Å²) in [5.74, 6) is -0.324. The summed E-state index contributed by atoms with van der Waals surface area (Å²) in [6.45, 7) is 0.266. The molecule has 1 heterocycles. The molecule has 2 rings (SSSR count). The van der Waals surface area contributed by atoms with E-state index in [0.29, 0.717) is 21.0 Å². The van der Waals surface area contributed by atoms with Crippen LogP contribution < -0.4 is 11.1 Å². The minimum atomic E-state index is -0.747. The number of carbonyl (C=O) groups is 1. The minimum absolute atomic E-state index is 0.105. The maximum atomic E-state index is 12.1. The molecule has 0 spiro atoms. The van der Waals surface area contributed by atoms with Crippen molar-refractivity contribution in [3.05, 3.63) is 28.1 Å². The Hall–Kier alpha value is -1.34. The Bertz CT molecular complexity index is 629. The first-order chi connectivity index (χ1) is 9.54. The Labute approximate surface area is 125 Å². The van der Waals surface area contributed by atoms with Crippen LogP contribution in [-0.4, -0.2) is 37.4 Å². The van der Waals surface area contributed by atoms with Crippen molar-refractivity contribution in [3.63, 3.8) is 0 Å². The van der Waals surface area contributed by atoms with Gasteiger partial charge >= 0.3 is 0 Å². The first kappa shape index (κ1) is 15.1. The molecule has 0 fully saturated rings. The number of nitrogens with one attached hydrogen (secondary N) is 1. The van der Waals surface area contributed by atoms with Gasteiger partial charge in [-0.2, -0.15) is 0 Å². The standard InChI is InChI=1S/C13H15ClN2O3S/c1-19-6-7(17)5-16-13(18)12-11(15)10-8(14)3-2-4-9(10)20-12/h2-4,7,17H,5-6,15H2,1H3,(H,16,18). The van der Waals surface area contributed by atoms with E-state index in [1.54, 1.807) is 6.07 Å². The van der Waals surface area contributed by atoms with Crippen molar-refractivity contribution in [2.45, 2.75) is 6.10 Å². The average Bonchev–Trinajstić information content (AvgIpc) is 2.75. The molecule has 7 heteroatoms. The zero-order valence-electron chi connectivity index (χ0n) is 10.9. The van der Waals surface area contributed by atoms with Crippen LogP contribution in [0.2, 0.25) is 5.02 Å². The number of carbonyl (C=O) groups excluding carboxylic acids is 1. The number of hydrogen-bond donors (Lipinski definition) is 3. The zero-order valence-corrected chi connectivity index (χ0v) is 12.4. The summed E-state index contributed by atoms with van der Waals surface area (Å²) in [6, 6.07) is 5.40. The number of fused-ring (bicyclic) bond motifs is 1. The second kappa shape index (κ2) is 6.41. The molecule has 108 valence electrons. The molecule has 20 heavy (non-hydrogen) atoms. The number of hydrogen-bond acceptors (Lipinski definition) is 5. The number of anilines is 1. The summed E-state index contributed by atoms with van der Waals surface area (Å²) in [4.78, 5) is 12.5. The van der Waals surface area contributed by atoms with Gasteiger partial charge in [0.1, 0.15) is 4.88 Å². The van der Waals surface area contributed by atoms with E-state index in [2.05, 4.69) is 5.32 Å². The molecule has 1 unspecified atom stereocenters. The van der Waals surface area contributed by atoms with Gasteiger partial charge in [-0.05, 0) is 12.1 Å². The van der Waals surface area contributed by atoms with Gasteiger partial charge in [-0.15, -0.1) is 11.3 Å². The summed E-state index contributed by atoms with van der Waals surface area (Å²) < 4.78 is 5.65. The molecule has 0 aliphatic rings. The number of ether oxygens (including phenoxy) is 1. The highest BCUT2D eigenvalue weighted by Crippen LogP contribution is 2.37. The average molecular weight is 315 g/mol. The second-order valence-corrected chi connectivity index (χ2v) is 5.74. The van der Waals surface area contributed by atoms with Crippen LogP contribution in [0.3, 0.4) is 0 Å².